The van der Waals surface area contributed by atoms with Gasteiger partial charge < -0.3 is 5.32 Å². The van der Waals surface area contributed by atoms with Crippen molar-refractivity contribution in [2.75, 3.05) is 5.32 Å². The molecular weight excluding hydrogens is 275 g/mol. The molecule has 0 aliphatic heterocycles. The molecule has 0 fully saturated rings. The largest absolute Gasteiger partial charge is 0.381 e. The minimum atomic E-state index is -0.320. The molecule has 0 saturated heterocycles. The molecule has 20 heavy (non-hydrogen) atoms. The average molecular weight is 287 g/mol. The van der Waals surface area contributed by atoms with Crippen molar-refractivity contribution in [1.29, 1.82) is 0 Å². The van der Waals surface area contributed by atoms with Crippen LogP contribution in [0, 0.1) is 5.82 Å². The number of nitrogens with one attached hydrogen (secondary N) is 1. The highest BCUT2D eigenvalue weighted by atomic mass is 35.5. The molecule has 0 aliphatic carbocycles. The van der Waals surface area contributed by atoms with Crippen LogP contribution in [0.4, 0.5) is 10.1 Å². The molecule has 0 atom stereocenters. The van der Waals surface area contributed by atoms with Crippen molar-refractivity contribution in [3.05, 3.63) is 71.3 Å². The van der Waals surface area contributed by atoms with E-state index in [0.717, 1.165) is 22.0 Å². The van der Waals surface area contributed by atoms with Crippen LogP contribution < -0.4 is 5.32 Å². The first-order valence-electron chi connectivity index (χ1n) is 6.23. The van der Waals surface area contributed by atoms with Gasteiger partial charge in [0, 0.05) is 35.0 Å². The molecule has 0 aliphatic rings. The van der Waals surface area contributed by atoms with Crippen molar-refractivity contribution >= 4 is 28.1 Å². The van der Waals surface area contributed by atoms with E-state index in [1.54, 1.807) is 12.3 Å². The van der Waals surface area contributed by atoms with E-state index < -0.39 is 0 Å². The van der Waals surface area contributed by atoms with Crippen LogP contribution in [-0.2, 0) is 6.54 Å². The lowest BCUT2D eigenvalue weighted by atomic mass is 10.1. The molecule has 2 nitrogen and oxygen atoms in total. The Balaban J connectivity index is 1.79. The minimum absolute atomic E-state index is 0.320. The first kappa shape index (κ1) is 12.9. The Morgan fingerprint density at radius 1 is 1.05 bits per heavy atom. The standard InChI is InChI=1S/C16H12ClFN2/c17-14-5-11(6-15(18)8-14)9-20-16-2-1-13-10-19-4-3-12(13)7-16/h1-8,10,20H,9H2. The Kier molecular flexibility index (Phi) is 3.52. The first-order valence-corrected chi connectivity index (χ1v) is 6.61. The van der Waals surface area contributed by atoms with Crippen LogP contribution in [0.5, 0.6) is 0 Å². The molecule has 0 radical (unpaired) electrons. The second kappa shape index (κ2) is 5.47. The molecule has 3 rings (SSSR count). The normalized spacial score (nSPS) is 10.7. The summed E-state index contributed by atoms with van der Waals surface area (Å²) in [7, 11) is 0. The van der Waals surface area contributed by atoms with E-state index in [4.69, 9.17) is 11.6 Å². The van der Waals surface area contributed by atoms with Gasteiger partial charge in [-0.05, 0) is 47.3 Å². The summed E-state index contributed by atoms with van der Waals surface area (Å²) in [5, 5.41) is 5.87. The molecule has 1 aromatic heterocycles. The molecule has 4 heteroatoms. The van der Waals surface area contributed by atoms with E-state index in [2.05, 4.69) is 10.3 Å². The highest BCUT2D eigenvalue weighted by molar-refractivity contribution is 6.30. The number of aromatic nitrogens is 1. The second-order valence-electron chi connectivity index (χ2n) is 4.57. The zero-order chi connectivity index (χ0) is 13.9. The molecule has 0 bridgehead atoms. The average Bonchev–Trinajstić information content (AvgIpc) is 2.44. The SMILES string of the molecule is Fc1cc(Cl)cc(CNc2ccc3cnccc3c2)c1. The predicted molar refractivity (Wildman–Crippen MR) is 80.5 cm³/mol. The van der Waals surface area contributed by atoms with E-state index in [0.29, 0.717) is 11.6 Å². The molecule has 0 spiro atoms. The van der Waals surface area contributed by atoms with Crippen LogP contribution in [0.1, 0.15) is 5.56 Å². The third-order valence-corrected chi connectivity index (χ3v) is 3.28. The maximum Gasteiger partial charge on any atom is 0.125 e. The number of halogens is 2. The number of pyridine rings is 1. The van der Waals surface area contributed by atoms with Crippen molar-refractivity contribution < 1.29 is 4.39 Å². The Morgan fingerprint density at radius 3 is 2.80 bits per heavy atom. The summed E-state index contributed by atoms with van der Waals surface area (Å²) in [4.78, 5) is 4.08. The van der Waals surface area contributed by atoms with Crippen LogP contribution in [0.3, 0.4) is 0 Å². The molecule has 0 amide bonds. The topological polar surface area (TPSA) is 24.9 Å². The third-order valence-electron chi connectivity index (χ3n) is 3.06. The summed E-state index contributed by atoms with van der Waals surface area (Å²) in [6.07, 6.45) is 3.59. The highest BCUT2D eigenvalue weighted by Gasteiger charge is 2.00. The maximum atomic E-state index is 13.2. The maximum absolute atomic E-state index is 13.2. The van der Waals surface area contributed by atoms with Crippen molar-refractivity contribution in [3.8, 4) is 0 Å². The van der Waals surface area contributed by atoms with Crippen LogP contribution in [0.2, 0.25) is 5.02 Å². The Hall–Kier alpha value is -2.13. The van der Waals surface area contributed by atoms with E-state index in [1.165, 1.54) is 12.1 Å². The van der Waals surface area contributed by atoms with Crippen LogP contribution in [-0.4, -0.2) is 4.98 Å². The number of benzene rings is 2. The fourth-order valence-corrected chi connectivity index (χ4v) is 2.35. The number of hydrogen-bond acceptors (Lipinski definition) is 2. The minimum Gasteiger partial charge on any atom is -0.381 e. The van der Waals surface area contributed by atoms with Gasteiger partial charge in [0.25, 0.3) is 0 Å². The predicted octanol–water partition coefficient (Wildman–Crippen LogP) is 4.64. The molecule has 0 unspecified atom stereocenters. The summed E-state index contributed by atoms with van der Waals surface area (Å²) in [5.74, 6) is -0.320. The monoisotopic (exact) mass is 286 g/mol. The van der Waals surface area contributed by atoms with Gasteiger partial charge in [-0.1, -0.05) is 17.7 Å². The lowest BCUT2D eigenvalue weighted by molar-refractivity contribution is 0.626. The van der Waals surface area contributed by atoms with Crippen molar-refractivity contribution in [3.63, 3.8) is 0 Å². The van der Waals surface area contributed by atoms with E-state index in [9.17, 15) is 4.39 Å². The van der Waals surface area contributed by atoms with Crippen molar-refractivity contribution in [2.24, 2.45) is 0 Å². The zero-order valence-corrected chi connectivity index (χ0v) is 11.4. The Bertz CT molecular complexity index is 738. The quantitative estimate of drug-likeness (QED) is 0.759. The number of hydrogen-bond donors (Lipinski definition) is 1. The zero-order valence-electron chi connectivity index (χ0n) is 10.6. The van der Waals surface area contributed by atoms with Gasteiger partial charge in [-0.15, -0.1) is 0 Å². The highest BCUT2D eigenvalue weighted by Crippen LogP contribution is 2.19. The molecule has 100 valence electrons. The smallest absolute Gasteiger partial charge is 0.125 e. The molecule has 0 saturated carbocycles. The molecule has 1 heterocycles. The van der Waals surface area contributed by atoms with E-state index in [1.807, 2.05) is 30.5 Å². The number of fused-ring (bicyclic) bond motifs is 1. The summed E-state index contributed by atoms with van der Waals surface area (Å²) in [5.41, 5.74) is 1.79. The third kappa shape index (κ3) is 2.89. The van der Waals surface area contributed by atoms with Crippen molar-refractivity contribution in [2.45, 2.75) is 6.54 Å². The summed E-state index contributed by atoms with van der Waals surface area (Å²) >= 11 is 5.84. The van der Waals surface area contributed by atoms with Gasteiger partial charge in [-0.25, -0.2) is 4.39 Å². The Morgan fingerprint density at radius 2 is 1.95 bits per heavy atom. The van der Waals surface area contributed by atoms with E-state index >= 15 is 0 Å². The Labute approximate surface area is 121 Å². The number of rotatable bonds is 3. The van der Waals surface area contributed by atoms with Crippen LogP contribution >= 0.6 is 11.6 Å². The molecular formula is C16H12ClFN2. The van der Waals surface area contributed by atoms with Gasteiger partial charge in [0.1, 0.15) is 5.82 Å². The summed E-state index contributed by atoms with van der Waals surface area (Å²) in [6, 6.07) is 12.5. The summed E-state index contributed by atoms with van der Waals surface area (Å²) < 4.78 is 13.2. The molecule has 1 N–H and O–H groups in total. The first-order chi connectivity index (χ1) is 9.70. The van der Waals surface area contributed by atoms with Gasteiger partial charge in [0.2, 0.25) is 0 Å². The number of nitrogens with zero attached hydrogens (tertiary/aromatic N) is 1. The van der Waals surface area contributed by atoms with Crippen LogP contribution in [0.25, 0.3) is 10.8 Å². The van der Waals surface area contributed by atoms with Gasteiger partial charge in [-0.2, -0.15) is 0 Å². The van der Waals surface area contributed by atoms with Gasteiger partial charge in [0.15, 0.2) is 0 Å². The molecule has 3 aromatic rings. The lowest BCUT2D eigenvalue weighted by Gasteiger charge is -2.08. The van der Waals surface area contributed by atoms with Gasteiger partial charge in [0.05, 0.1) is 0 Å². The van der Waals surface area contributed by atoms with Gasteiger partial charge >= 0.3 is 0 Å². The second-order valence-corrected chi connectivity index (χ2v) is 5.01. The molecule has 2 aromatic carbocycles. The fourth-order valence-electron chi connectivity index (χ4n) is 2.11. The fraction of sp³-hybridized carbons (Fsp3) is 0.0625. The van der Waals surface area contributed by atoms with E-state index in [-0.39, 0.29) is 5.82 Å². The van der Waals surface area contributed by atoms with Crippen molar-refractivity contribution in [1.82, 2.24) is 4.98 Å². The van der Waals surface area contributed by atoms with Crippen LogP contribution in [0.15, 0.2) is 54.9 Å². The lowest BCUT2D eigenvalue weighted by Crippen LogP contribution is -1.99. The summed E-state index contributed by atoms with van der Waals surface area (Å²) in [6.45, 7) is 0.522. The van der Waals surface area contributed by atoms with Gasteiger partial charge in [-0.3, -0.25) is 4.98 Å². The number of anilines is 1.